The van der Waals surface area contributed by atoms with Crippen LogP contribution in [-0.4, -0.2) is 42.5 Å². The van der Waals surface area contributed by atoms with E-state index < -0.39 is 0 Å². The van der Waals surface area contributed by atoms with Gasteiger partial charge < -0.3 is 15.6 Å². The number of piperidine rings is 1. The quantitative estimate of drug-likeness (QED) is 0.567. The molecule has 0 aliphatic carbocycles. The topological polar surface area (TPSA) is 83.3 Å². The van der Waals surface area contributed by atoms with Gasteiger partial charge in [-0.3, -0.25) is 4.79 Å². The fourth-order valence-corrected chi connectivity index (χ4v) is 2.73. The molecule has 1 amide bonds. The summed E-state index contributed by atoms with van der Waals surface area (Å²) in [6.45, 7) is 2.97. The van der Waals surface area contributed by atoms with Crippen molar-refractivity contribution in [3.8, 4) is 0 Å². The number of aromatic nitrogens is 1. The second-order valence-electron chi connectivity index (χ2n) is 5.49. The number of halogens is 1. The van der Waals surface area contributed by atoms with Crippen LogP contribution in [-0.2, 0) is 0 Å². The summed E-state index contributed by atoms with van der Waals surface area (Å²) in [5, 5.41) is 3.25. The maximum atomic E-state index is 12.0. The Morgan fingerprint density at radius 1 is 1.52 bits per heavy atom. The zero-order chi connectivity index (χ0) is 15.2. The molecule has 0 atom stereocenters. The summed E-state index contributed by atoms with van der Waals surface area (Å²) in [4.78, 5) is 18.4. The second-order valence-corrected chi connectivity index (χ2v) is 5.90. The van der Waals surface area contributed by atoms with Gasteiger partial charge in [0.25, 0.3) is 5.91 Å². The number of carbonyl (C=O) groups excluding carboxylic acids is 1. The molecule has 7 heteroatoms. The molecule has 0 radical (unpaired) electrons. The molecule has 0 unspecified atom stereocenters. The lowest BCUT2D eigenvalue weighted by Crippen LogP contribution is -2.32. The smallest absolute Gasteiger partial charge is 0.252 e. The Bertz CT molecular complexity index is 488. The Balaban J connectivity index is 1.78. The lowest BCUT2D eigenvalue weighted by molar-refractivity contribution is 0.0948. The van der Waals surface area contributed by atoms with Crippen LogP contribution in [0.15, 0.2) is 12.3 Å². The molecular formula is C14H22ClN5O. The first kappa shape index (κ1) is 16.0. The molecule has 1 aliphatic heterocycles. The fourth-order valence-electron chi connectivity index (χ4n) is 2.51. The number of nitrogens with zero attached hydrogens (tertiary/aromatic N) is 2. The highest BCUT2D eigenvalue weighted by molar-refractivity contribution is 6.33. The van der Waals surface area contributed by atoms with Gasteiger partial charge >= 0.3 is 0 Å². The van der Waals surface area contributed by atoms with Gasteiger partial charge in [0, 0.05) is 12.7 Å². The molecular weight excluding hydrogens is 290 g/mol. The van der Waals surface area contributed by atoms with Gasteiger partial charge in [-0.15, -0.1) is 0 Å². The van der Waals surface area contributed by atoms with E-state index in [1.165, 1.54) is 19.0 Å². The third kappa shape index (κ3) is 4.56. The first-order valence-electron chi connectivity index (χ1n) is 7.19. The number of nitrogens with two attached hydrogens (primary N) is 1. The van der Waals surface area contributed by atoms with Crippen LogP contribution >= 0.6 is 11.6 Å². The van der Waals surface area contributed by atoms with Crippen molar-refractivity contribution >= 4 is 23.3 Å². The lowest BCUT2D eigenvalue weighted by atomic mass is 9.94. The van der Waals surface area contributed by atoms with Gasteiger partial charge in [0.05, 0.1) is 10.6 Å². The number of likely N-dealkylation sites (tertiary alicyclic amines) is 1. The maximum absolute atomic E-state index is 12.0. The van der Waals surface area contributed by atoms with Gasteiger partial charge in [-0.25, -0.2) is 10.8 Å². The van der Waals surface area contributed by atoms with Crippen LogP contribution in [0.2, 0.25) is 5.02 Å². The monoisotopic (exact) mass is 311 g/mol. The van der Waals surface area contributed by atoms with Crippen molar-refractivity contribution in [1.82, 2.24) is 15.2 Å². The van der Waals surface area contributed by atoms with E-state index in [1.54, 1.807) is 6.07 Å². The van der Waals surface area contributed by atoms with Crippen LogP contribution in [0.1, 0.15) is 29.6 Å². The summed E-state index contributed by atoms with van der Waals surface area (Å²) in [7, 11) is 2.15. The molecule has 1 aromatic heterocycles. The van der Waals surface area contributed by atoms with Gasteiger partial charge in [0.15, 0.2) is 5.82 Å². The van der Waals surface area contributed by atoms with Crippen molar-refractivity contribution < 1.29 is 4.79 Å². The number of nitrogen functional groups attached to an aromatic ring is 1. The van der Waals surface area contributed by atoms with Crippen molar-refractivity contribution in [1.29, 1.82) is 0 Å². The van der Waals surface area contributed by atoms with E-state index in [2.05, 4.69) is 27.7 Å². The number of nitrogens with one attached hydrogen (secondary N) is 2. The lowest BCUT2D eigenvalue weighted by Gasteiger charge is -2.28. The number of amides is 1. The molecule has 1 saturated heterocycles. The van der Waals surface area contributed by atoms with Crippen molar-refractivity contribution in [3.05, 3.63) is 22.8 Å². The van der Waals surface area contributed by atoms with Crippen LogP contribution in [0, 0.1) is 5.92 Å². The highest BCUT2D eigenvalue weighted by Gasteiger charge is 2.16. The van der Waals surface area contributed by atoms with Crippen LogP contribution in [0.5, 0.6) is 0 Å². The van der Waals surface area contributed by atoms with E-state index in [0.29, 0.717) is 28.9 Å². The number of anilines is 1. The number of rotatable bonds is 5. The van der Waals surface area contributed by atoms with Crippen LogP contribution in [0.3, 0.4) is 0 Å². The average Bonchev–Trinajstić information content (AvgIpc) is 2.49. The summed E-state index contributed by atoms with van der Waals surface area (Å²) in [6, 6.07) is 1.56. The molecule has 6 nitrogen and oxygen atoms in total. The number of hydrogen-bond acceptors (Lipinski definition) is 5. The predicted octanol–water partition coefficient (Wildman–Crippen LogP) is 1.48. The van der Waals surface area contributed by atoms with E-state index >= 15 is 0 Å². The number of hydrogen-bond donors (Lipinski definition) is 3. The molecule has 0 saturated carbocycles. The Labute approximate surface area is 130 Å². The predicted molar refractivity (Wildman–Crippen MR) is 84.2 cm³/mol. The molecule has 4 N–H and O–H groups in total. The third-order valence-electron chi connectivity index (χ3n) is 3.92. The zero-order valence-electron chi connectivity index (χ0n) is 12.2. The van der Waals surface area contributed by atoms with E-state index in [9.17, 15) is 4.79 Å². The summed E-state index contributed by atoms with van der Waals surface area (Å²) in [6.07, 6.45) is 4.89. The molecule has 0 spiro atoms. The minimum Gasteiger partial charge on any atom is -0.352 e. The fraction of sp³-hybridized carbons (Fsp3) is 0.571. The van der Waals surface area contributed by atoms with E-state index in [-0.39, 0.29) is 5.91 Å². The van der Waals surface area contributed by atoms with Crippen molar-refractivity contribution in [2.75, 3.05) is 32.1 Å². The third-order valence-corrected chi connectivity index (χ3v) is 4.20. The van der Waals surface area contributed by atoms with Crippen LogP contribution < -0.4 is 16.6 Å². The Morgan fingerprint density at radius 3 is 2.86 bits per heavy atom. The molecule has 2 rings (SSSR count). The molecule has 1 aromatic rings. The van der Waals surface area contributed by atoms with Gasteiger partial charge in [-0.2, -0.15) is 0 Å². The average molecular weight is 312 g/mol. The number of hydrazine groups is 1. The van der Waals surface area contributed by atoms with E-state index in [4.69, 9.17) is 17.4 Å². The summed E-state index contributed by atoms with van der Waals surface area (Å²) >= 11 is 5.95. The molecule has 2 heterocycles. The summed E-state index contributed by atoms with van der Waals surface area (Å²) < 4.78 is 0. The van der Waals surface area contributed by atoms with Crippen molar-refractivity contribution in [2.45, 2.75) is 19.3 Å². The Morgan fingerprint density at radius 2 is 2.24 bits per heavy atom. The standard InChI is InChI=1S/C14H22ClN5O/c1-20-6-3-10(4-7-20)2-5-17-14(21)11-8-12(15)13(19-16)18-9-11/h8-10H,2-7,16H2,1H3,(H,17,21)(H,18,19). The zero-order valence-corrected chi connectivity index (χ0v) is 13.0. The number of pyridine rings is 1. The molecule has 1 aliphatic rings. The van der Waals surface area contributed by atoms with Crippen LogP contribution in [0.4, 0.5) is 5.82 Å². The first-order chi connectivity index (χ1) is 10.1. The maximum Gasteiger partial charge on any atom is 0.252 e. The highest BCUT2D eigenvalue weighted by atomic mass is 35.5. The minimum absolute atomic E-state index is 0.152. The first-order valence-corrected chi connectivity index (χ1v) is 7.57. The van der Waals surface area contributed by atoms with Crippen molar-refractivity contribution in [3.63, 3.8) is 0 Å². The van der Waals surface area contributed by atoms with Crippen LogP contribution in [0.25, 0.3) is 0 Å². The largest absolute Gasteiger partial charge is 0.352 e. The molecule has 21 heavy (non-hydrogen) atoms. The van der Waals surface area contributed by atoms with Gasteiger partial charge in [-0.1, -0.05) is 11.6 Å². The van der Waals surface area contributed by atoms with Gasteiger partial charge in [0.1, 0.15) is 0 Å². The van der Waals surface area contributed by atoms with Gasteiger partial charge in [-0.05, 0) is 51.4 Å². The second kappa shape index (κ2) is 7.59. The molecule has 0 aromatic carbocycles. The highest BCUT2D eigenvalue weighted by Crippen LogP contribution is 2.20. The Kier molecular flexibility index (Phi) is 5.78. The Hall–Kier alpha value is -1.37. The minimum atomic E-state index is -0.152. The summed E-state index contributed by atoms with van der Waals surface area (Å²) in [5.41, 5.74) is 2.82. The molecule has 116 valence electrons. The normalized spacial score (nSPS) is 16.7. The van der Waals surface area contributed by atoms with E-state index in [0.717, 1.165) is 19.5 Å². The van der Waals surface area contributed by atoms with Gasteiger partial charge in [0.2, 0.25) is 0 Å². The molecule has 0 bridgehead atoms. The SMILES string of the molecule is CN1CCC(CCNC(=O)c2cnc(NN)c(Cl)c2)CC1. The molecule has 1 fully saturated rings. The van der Waals surface area contributed by atoms with E-state index in [1.807, 2.05) is 0 Å². The number of carbonyl (C=O) groups is 1. The van der Waals surface area contributed by atoms with Crippen molar-refractivity contribution in [2.24, 2.45) is 11.8 Å². The summed E-state index contributed by atoms with van der Waals surface area (Å²) in [5.74, 6) is 6.16.